The summed E-state index contributed by atoms with van der Waals surface area (Å²) in [4.78, 5) is 25.9. The summed E-state index contributed by atoms with van der Waals surface area (Å²) >= 11 is 6.60. The Kier molecular flexibility index (Phi) is 6.02. The molecule has 9 heteroatoms. The van der Waals surface area contributed by atoms with Crippen molar-refractivity contribution in [2.24, 2.45) is 0 Å². The summed E-state index contributed by atoms with van der Waals surface area (Å²) in [5.41, 5.74) is 1.50. The molecular formula is C23H17NO6S2. The third kappa shape index (κ3) is 4.12. The number of furan rings is 1. The summed E-state index contributed by atoms with van der Waals surface area (Å²) < 4.78 is 16.8. The Hall–Kier alpha value is -3.56. The van der Waals surface area contributed by atoms with Crippen LogP contribution in [0.4, 0.5) is 5.69 Å². The fraction of sp³-hybridized carbons (Fsp3) is 0.0870. The monoisotopic (exact) mass is 467 g/mol. The van der Waals surface area contributed by atoms with E-state index in [0.29, 0.717) is 37.9 Å². The normalized spacial score (nSPS) is 14.8. The number of anilines is 1. The number of thiocarbonyl (C=S) groups is 1. The van der Waals surface area contributed by atoms with Gasteiger partial charge in [0.05, 0.1) is 30.4 Å². The van der Waals surface area contributed by atoms with Gasteiger partial charge in [-0.1, -0.05) is 36.1 Å². The van der Waals surface area contributed by atoms with Crippen molar-refractivity contribution >= 4 is 51.9 Å². The Morgan fingerprint density at radius 1 is 1.06 bits per heavy atom. The van der Waals surface area contributed by atoms with Crippen molar-refractivity contribution in [3.05, 3.63) is 70.8 Å². The molecule has 2 heterocycles. The molecule has 1 aliphatic rings. The lowest BCUT2D eigenvalue weighted by Gasteiger charge is -2.16. The van der Waals surface area contributed by atoms with Gasteiger partial charge < -0.3 is 19.0 Å². The number of hydrogen-bond donors (Lipinski definition) is 1. The Morgan fingerprint density at radius 2 is 1.78 bits per heavy atom. The van der Waals surface area contributed by atoms with E-state index in [1.54, 1.807) is 48.5 Å². The first-order chi connectivity index (χ1) is 15.4. The van der Waals surface area contributed by atoms with E-state index in [1.807, 2.05) is 0 Å². The molecule has 1 saturated heterocycles. The van der Waals surface area contributed by atoms with Crippen LogP contribution >= 0.6 is 24.0 Å². The molecule has 4 rings (SSSR count). The van der Waals surface area contributed by atoms with E-state index in [4.69, 9.17) is 31.2 Å². The van der Waals surface area contributed by atoms with Crippen LogP contribution in [0.15, 0.2) is 63.9 Å². The second-order valence-electron chi connectivity index (χ2n) is 6.64. The van der Waals surface area contributed by atoms with Crippen LogP contribution in [0.5, 0.6) is 11.5 Å². The highest BCUT2D eigenvalue weighted by molar-refractivity contribution is 8.27. The highest BCUT2D eigenvalue weighted by atomic mass is 32.2. The number of ether oxygens (including phenoxy) is 2. The van der Waals surface area contributed by atoms with E-state index in [-0.39, 0.29) is 11.5 Å². The fourth-order valence-electron chi connectivity index (χ4n) is 3.15. The molecule has 7 nitrogen and oxygen atoms in total. The largest absolute Gasteiger partial charge is 0.493 e. The molecule has 2 aromatic carbocycles. The molecule has 1 fully saturated rings. The highest BCUT2D eigenvalue weighted by Gasteiger charge is 2.34. The van der Waals surface area contributed by atoms with Crippen LogP contribution in [0.25, 0.3) is 17.4 Å². The van der Waals surface area contributed by atoms with Gasteiger partial charge in [-0.25, -0.2) is 4.79 Å². The predicted octanol–water partition coefficient (Wildman–Crippen LogP) is 5.07. The van der Waals surface area contributed by atoms with E-state index in [1.165, 1.54) is 43.0 Å². The van der Waals surface area contributed by atoms with Crippen LogP contribution in [0.3, 0.4) is 0 Å². The van der Waals surface area contributed by atoms with E-state index < -0.39 is 5.97 Å². The quantitative estimate of drug-likeness (QED) is 0.397. The fourth-order valence-corrected chi connectivity index (χ4v) is 4.43. The van der Waals surface area contributed by atoms with Gasteiger partial charge in [0.2, 0.25) is 0 Å². The number of carboxylic acids is 1. The first-order valence-electron chi connectivity index (χ1n) is 9.35. The molecular weight excluding hydrogens is 450 g/mol. The van der Waals surface area contributed by atoms with Gasteiger partial charge in [-0.15, -0.1) is 0 Å². The number of hydrogen-bond acceptors (Lipinski definition) is 7. The molecule has 0 saturated carbocycles. The first kappa shape index (κ1) is 21.7. The Balaban J connectivity index is 1.58. The Labute approximate surface area is 193 Å². The number of nitrogens with zero attached hydrogens (tertiary/aromatic N) is 1. The Morgan fingerprint density at radius 3 is 2.44 bits per heavy atom. The van der Waals surface area contributed by atoms with Crippen LogP contribution in [0, 0.1) is 0 Å². The minimum Gasteiger partial charge on any atom is -0.493 e. The number of carbonyl (C=O) groups is 2. The van der Waals surface area contributed by atoms with E-state index in [0.717, 1.165) is 5.56 Å². The average Bonchev–Trinajstić information content (AvgIpc) is 3.37. The highest BCUT2D eigenvalue weighted by Crippen LogP contribution is 2.39. The molecule has 162 valence electrons. The molecule has 1 N–H and O–H groups in total. The minimum absolute atomic E-state index is 0.194. The maximum atomic E-state index is 13.0. The van der Waals surface area contributed by atoms with Gasteiger partial charge in [0.1, 0.15) is 11.5 Å². The molecule has 3 aromatic rings. The van der Waals surface area contributed by atoms with Gasteiger partial charge in [0, 0.05) is 17.7 Å². The minimum atomic E-state index is -0.992. The molecule has 0 aliphatic carbocycles. The molecule has 1 aromatic heterocycles. The van der Waals surface area contributed by atoms with E-state index >= 15 is 0 Å². The van der Waals surface area contributed by atoms with Gasteiger partial charge in [-0.3, -0.25) is 9.69 Å². The molecule has 0 unspecified atom stereocenters. The lowest BCUT2D eigenvalue weighted by Crippen LogP contribution is -2.27. The summed E-state index contributed by atoms with van der Waals surface area (Å²) in [6, 6.07) is 15.0. The standard InChI is InChI=1S/C23H17NO6S2/c1-28-18-9-7-15(11-19(18)29-2)24-21(25)20(32-23(24)31)12-16-8-10-17(30-16)13-3-5-14(6-4-13)22(26)27/h3-12H,1-2H3,(H,26,27)/b20-12-. The van der Waals surface area contributed by atoms with Crippen LogP contribution in [0.1, 0.15) is 16.1 Å². The van der Waals surface area contributed by atoms with Crippen LogP contribution in [-0.2, 0) is 4.79 Å². The first-order valence-corrected chi connectivity index (χ1v) is 10.6. The smallest absolute Gasteiger partial charge is 0.335 e. The SMILES string of the molecule is COc1ccc(N2C(=O)/C(=C/c3ccc(-c4ccc(C(=O)O)cc4)o3)SC2=S)cc1OC. The second kappa shape index (κ2) is 8.89. The van der Waals surface area contributed by atoms with E-state index in [2.05, 4.69) is 0 Å². The molecule has 0 bridgehead atoms. The lowest BCUT2D eigenvalue weighted by molar-refractivity contribution is -0.113. The van der Waals surface area contributed by atoms with Crippen molar-refractivity contribution in [1.82, 2.24) is 0 Å². The maximum absolute atomic E-state index is 13.0. The van der Waals surface area contributed by atoms with Crippen molar-refractivity contribution < 1.29 is 28.6 Å². The third-order valence-electron chi connectivity index (χ3n) is 4.74. The number of carboxylic acid groups (broad SMARTS) is 1. The molecule has 0 spiro atoms. The zero-order chi connectivity index (χ0) is 22.8. The molecule has 1 aliphatic heterocycles. The van der Waals surface area contributed by atoms with Crippen LogP contribution < -0.4 is 14.4 Å². The summed E-state index contributed by atoms with van der Waals surface area (Å²) in [5, 5.41) is 9.02. The van der Waals surface area contributed by atoms with E-state index in [9.17, 15) is 9.59 Å². The van der Waals surface area contributed by atoms with Gasteiger partial charge in [-0.2, -0.15) is 0 Å². The van der Waals surface area contributed by atoms with Crippen LogP contribution in [0.2, 0.25) is 0 Å². The number of methoxy groups -OCH3 is 2. The van der Waals surface area contributed by atoms with Gasteiger partial charge in [-0.05, 0) is 36.4 Å². The average molecular weight is 468 g/mol. The van der Waals surface area contributed by atoms with Crippen LogP contribution in [-0.4, -0.2) is 35.5 Å². The molecule has 1 amide bonds. The van der Waals surface area contributed by atoms with Gasteiger partial charge in [0.15, 0.2) is 15.8 Å². The third-order valence-corrected chi connectivity index (χ3v) is 6.04. The second-order valence-corrected chi connectivity index (χ2v) is 8.32. The van der Waals surface area contributed by atoms with Crippen molar-refractivity contribution in [3.63, 3.8) is 0 Å². The predicted molar refractivity (Wildman–Crippen MR) is 126 cm³/mol. The van der Waals surface area contributed by atoms with Crippen molar-refractivity contribution in [2.75, 3.05) is 19.1 Å². The van der Waals surface area contributed by atoms with Crippen molar-refractivity contribution in [2.45, 2.75) is 0 Å². The lowest BCUT2D eigenvalue weighted by atomic mass is 10.1. The van der Waals surface area contributed by atoms with Crippen molar-refractivity contribution in [3.8, 4) is 22.8 Å². The maximum Gasteiger partial charge on any atom is 0.335 e. The zero-order valence-corrected chi connectivity index (χ0v) is 18.7. The number of aromatic carboxylic acids is 1. The van der Waals surface area contributed by atoms with Gasteiger partial charge >= 0.3 is 5.97 Å². The molecule has 0 atom stereocenters. The number of thioether (sulfide) groups is 1. The summed E-state index contributed by atoms with van der Waals surface area (Å²) in [7, 11) is 3.06. The zero-order valence-electron chi connectivity index (χ0n) is 17.0. The number of rotatable bonds is 6. The number of benzene rings is 2. The summed E-state index contributed by atoms with van der Waals surface area (Å²) in [6.07, 6.45) is 1.63. The summed E-state index contributed by atoms with van der Waals surface area (Å²) in [5.74, 6) is 0.826. The topological polar surface area (TPSA) is 89.2 Å². The number of carbonyl (C=O) groups excluding carboxylic acids is 1. The summed E-state index contributed by atoms with van der Waals surface area (Å²) in [6.45, 7) is 0. The molecule has 32 heavy (non-hydrogen) atoms. The van der Waals surface area contributed by atoms with Gasteiger partial charge in [0.25, 0.3) is 5.91 Å². The van der Waals surface area contributed by atoms with Crippen molar-refractivity contribution in [1.29, 1.82) is 0 Å². The number of amides is 1. The Bertz CT molecular complexity index is 1250. The molecule has 0 radical (unpaired) electrons.